The maximum absolute atomic E-state index is 11.6. The second kappa shape index (κ2) is 3.70. The van der Waals surface area contributed by atoms with E-state index >= 15 is 0 Å². The molecule has 0 heterocycles. The third-order valence-electron chi connectivity index (χ3n) is 2.26. The zero-order valence-corrected chi connectivity index (χ0v) is 9.07. The average Bonchev–Trinajstić information content (AvgIpc) is 2.39. The van der Waals surface area contributed by atoms with Gasteiger partial charge in [-0.05, 0) is 12.1 Å². The van der Waals surface area contributed by atoms with E-state index < -0.39 is 10.0 Å². The van der Waals surface area contributed by atoms with Gasteiger partial charge in [0, 0.05) is 10.8 Å². The third kappa shape index (κ3) is 1.82. The number of rotatable bonds is 1. The molecule has 0 radical (unpaired) electrons. The Morgan fingerprint density at radius 3 is 2.19 bits per heavy atom. The summed E-state index contributed by atoms with van der Waals surface area (Å²) in [6.45, 7) is 0. The molecular weight excluding hydrogens is 226 g/mol. The van der Waals surface area contributed by atoms with Crippen LogP contribution in [0.5, 0.6) is 0 Å². The Morgan fingerprint density at radius 1 is 0.875 bits per heavy atom. The Balaban J connectivity index is 3.08. The van der Waals surface area contributed by atoms with Gasteiger partial charge in [-0.1, -0.05) is 30.3 Å². The van der Waals surface area contributed by atoms with Gasteiger partial charge in [-0.25, -0.2) is 13.6 Å². The van der Waals surface area contributed by atoms with Crippen LogP contribution in [-0.2, 0) is 10.0 Å². The van der Waals surface area contributed by atoms with Crippen molar-refractivity contribution in [2.75, 3.05) is 0 Å². The van der Waals surface area contributed by atoms with Crippen molar-refractivity contribution in [3.05, 3.63) is 52.7 Å². The summed E-state index contributed by atoms with van der Waals surface area (Å²) in [7, 11) is -3.82. The first-order chi connectivity index (χ1) is 7.50. The van der Waals surface area contributed by atoms with E-state index in [1.807, 2.05) is 0 Å². The highest BCUT2D eigenvalue weighted by atomic mass is 32.2. The summed E-state index contributed by atoms with van der Waals surface area (Å²) in [5.74, 6) is 0. The lowest BCUT2D eigenvalue weighted by atomic mass is 10.2. The number of sulfonamides is 1. The standard InChI is InChI=1S/C11H9NO3S/c12-16(14,15)11-7-3-5-8-9(11)4-1-2-6-10(8)13/h1-7H,(H2,12,14,15). The monoisotopic (exact) mass is 235 g/mol. The molecule has 0 aliphatic rings. The summed E-state index contributed by atoms with van der Waals surface area (Å²) in [4.78, 5) is 11.6. The van der Waals surface area contributed by atoms with Crippen LogP contribution in [-0.4, -0.2) is 8.42 Å². The van der Waals surface area contributed by atoms with Crippen molar-refractivity contribution in [3.63, 3.8) is 0 Å². The Bertz CT molecular complexity index is 708. The van der Waals surface area contributed by atoms with Crippen LogP contribution >= 0.6 is 0 Å². The fourth-order valence-electron chi connectivity index (χ4n) is 1.56. The van der Waals surface area contributed by atoms with E-state index in [2.05, 4.69) is 0 Å². The Labute approximate surface area is 92.4 Å². The predicted octanol–water partition coefficient (Wildman–Crippen LogP) is 0.847. The minimum atomic E-state index is -3.82. The van der Waals surface area contributed by atoms with E-state index in [-0.39, 0.29) is 10.3 Å². The number of benzene rings is 1. The van der Waals surface area contributed by atoms with Gasteiger partial charge in [0.05, 0.1) is 4.90 Å². The summed E-state index contributed by atoms with van der Waals surface area (Å²) >= 11 is 0. The summed E-state index contributed by atoms with van der Waals surface area (Å²) in [6.07, 6.45) is 0. The fourth-order valence-corrected chi connectivity index (χ4v) is 2.32. The smallest absolute Gasteiger partial charge is 0.238 e. The lowest BCUT2D eigenvalue weighted by Crippen LogP contribution is -2.13. The summed E-state index contributed by atoms with van der Waals surface area (Å²) < 4.78 is 22.7. The van der Waals surface area contributed by atoms with Gasteiger partial charge in [-0.3, -0.25) is 4.79 Å². The quantitative estimate of drug-likeness (QED) is 0.795. The molecule has 0 amide bonds. The molecule has 0 aliphatic heterocycles. The van der Waals surface area contributed by atoms with Crippen LogP contribution in [0.1, 0.15) is 0 Å². The van der Waals surface area contributed by atoms with Gasteiger partial charge in [0.1, 0.15) is 0 Å². The van der Waals surface area contributed by atoms with Crippen molar-refractivity contribution in [2.45, 2.75) is 4.90 Å². The molecule has 5 heteroatoms. The second-order valence-corrected chi connectivity index (χ2v) is 4.87. The zero-order valence-electron chi connectivity index (χ0n) is 8.25. The predicted molar refractivity (Wildman–Crippen MR) is 61.6 cm³/mol. The molecule has 0 spiro atoms. The van der Waals surface area contributed by atoms with Gasteiger partial charge in [-0.2, -0.15) is 0 Å². The lowest BCUT2D eigenvalue weighted by molar-refractivity contribution is 0.598. The van der Waals surface area contributed by atoms with Crippen LogP contribution in [0.3, 0.4) is 0 Å². The van der Waals surface area contributed by atoms with E-state index in [1.165, 1.54) is 18.2 Å². The molecule has 16 heavy (non-hydrogen) atoms. The Kier molecular flexibility index (Phi) is 2.49. The Morgan fingerprint density at radius 2 is 1.50 bits per heavy atom. The SMILES string of the molecule is NS(=O)(=O)c1cccc2c(=O)ccccc12. The molecular formula is C11H9NO3S. The van der Waals surface area contributed by atoms with Crippen LogP contribution in [0.2, 0.25) is 0 Å². The molecule has 2 aromatic carbocycles. The zero-order chi connectivity index (χ0) is 11.8. The molecule has 0 aliphatic carbocycles. The van der Waals surface area contributed by atoms with Crippen LogP contribution in [0.25, 0.3) is 10.8 Å². The van der Waals surface area contributed by atoms with E-state index in [9.17, 15) is 13.2 Å². The first kappa shape index (κ1) is 10.8. The molecule has 2 N–H and O–H groups in total. The first-order valence-electron chi connectivity index (χ1n) is 4.55. The maximum Gasteiger partial charge on any atom is 0.238 e. The topological polar surface area (TPSA) is 77.2 Å². The minimum absolute atomic E-state index is 0.0294. The second-order valence-electron chi connectivity index (χ2n) is 3.34. The molecule has 2 aromatic rings. The normalized spacial score (nSPS) is 11.6. The molecule has 0 fully saturated rings. The molecule has 4 nitrogen and oxygen atoms in total. The van der Waals surface area contributed by atoms with Gasteiger partial charge in [0.15, 0.2) is 5.43 Å². The summed E-state index contributed by atoms with van der Waals surface area (Å²) in [6, 6.07) is 10.6. The average molecular weight is 235 g/mol. The number of hydrogen-bond donors (Lipinski definition) is 1. The number of nitrogens with two attached hydrogens (primary N) is 1. The van der Waals surface area contributed by atoms with Crippen molar-refractivity contribution in [1.82, 2.24) is 0 Å². The molecule has 0 saturated heterocycles. The minimum Gasteiger partial charge on any atom is -0.289 e. The molecule has 0 unspecified atom stereocenters. The van der Waals surface area contributed by atoms with Crippen LogP contribution in [0.4, 0.5) is 0 Å². The van der Waals surface area contributed by atoms with Crippen LogP contribution in [0, 0.1) is 0 Å². The van der Waals surface area contributed by atoms with E-state index in [1.54, 1.807) is 24.3 Å². The molecule has 0 aromatic heterocycles. The highest BCUT2D eigenvalue weighted by molar-refractivity contribution is 7.89. The van der Waals surface area contributed by atoms with Gasteiger partial charge < -0.3 is 0 Å². The van der Waals surface area contributed by atoms with Crippen molar-refractivity contribution in [3.8, 4) is 0 Å². The highest BCUT2D eigenvalue weighted by Gasteiger charge is 2.11. The van der Waals surface area contributed by atoms with Gasteiger partial charge in [0.2, 0.25) is 10.0 Å². The van der Waals surface area contributed by atoms with Crippen molar-refractivity contribution >= 4 is 20.8 Å². The van der Waals surface area contributed by atoms with Gasteiger partial charge in [0.25, 0.3) is 0 Å². The van der Waals surface area contributed by atoms with Gasteiger partial charge >= 0.3 is 0 Å². The van der Waals surface area contributed by atoms with Gasteiger partial charge in [-0.15, -0.1) is 0 Å². The van der Waals surface area contributed by atoms with E-state index in [0.717, 1.165) is 0 Å². The van der Waals surface area contributed by atoms with Crippen molar-refractivity contribution in [1.29, 1.82) is 0 Å². The number of primary sulfonamides is 1. The van der Waals surface area contributed by atoms with Crippen LogP contribution in [0.15, 0.2) is 52.2 Å². The molecule has 2 rings (SSSR count). The first-order valence-corrected chi connectivity index (χ1v) is 6.09. The van der Waals surface area contributed by atoms with Crippen molar-refractivity contribution < 1.29 is 8.42 Å². The lowest BCUT2D eigenvalue weighted by Gasteiger charge is -2.00. The largest absolute Gasteiger partial charge is 0.289 e. The Hall–Kier alpha value is -1.72. The van der Waals surface area contributed by atoms with Crippen molar-refractivity contribution in [2.24, 2.45) is 5.14 Å². The molecule has 0 bridgehead atoms. The highest BCUT2D eigenvalue weighted by Crippen LogP contribution is 2.18. The molecule has 82 valence electrons. The van der Waals surface area contributed by atoms with E-state index in [4.69, 9.17) is 5.14 Å². The number of fused-ring (bicyclic) bond motifs is 1. The van der Waals surface area contributed by atoms with Crippen LogP contribution < -0.4 is 10.6 Å². The summed E-state index contributed by atoms with van der Waals surface area (Å²) in [5.41, 5.74) is -0.231. The fraction of sp³-hybridized carbons (Fsp3) is 0. The molecule has 0 atom stereocenters. The molecule has 0 saturated carbocycles. The third-order valence-corrected chi connectivity index (χ3v) is 3.23. The van der Waals surface area contributed by atoms with E-state index in [0.29, 0.717) is 10.8 Å². The maximum atomic E-state index is 11.6. The summed E-state index contributed by atoms with van der Waals surface area (Å²) in [5, 5.41) is 5.78. The number of hydrogen-bond acceptors (Lipinski definition) is 3.